The fourth-order valence-corrected chi connectivity index (χ4v) is 2.90. The van der Waals surface area contributed by atoms with Crippen molar-refractivity contribution in [3.63, 3.8) is 0 Å². The lowest BCUT2D eigenvalue weighted by molar-refractivity contribution is -0.160. The maximum absolute atomic E-state index is 12.8. The van der Waals surface area contributed by atoms with Crippen molar-refractivity contribution >= 4 is 17.6 Å². The van der Waals surface area contributed by atoms with E-state index in [1.165, 1.54) is 0 Å². The van der Waals surface area contributed by atoms with Crippen LogP contribution in [0.25, 0.3) is 0 Å². The molecule has 0 bridgehead atoms. The minimum absolute atomic E-state index is 0.113. The molecule has 0 aliphatic carbocycles. The molecule has 2 unspecified atom stereocenters. The van der Waals surface area contributed by atoms with Crippen LogP contribution in [-0.2, 0) is 14.3 Å². The van der Waals surface area contributed by atoms with E-state index in [0.29, 0.717) is 5.82 Å². The number of nitrogens with zero attached hydrogens (tertiary/aromatic N) is 2. The number of anilines is 1. The highest BCUT2D eigenvalue weighted by Gasteiger charge is 2.40. The molecular weight excluding hydrogens is 318 g/mol. The van der Waals surface area contributed by atoms with Gasteiger partial charge in [-0.25, -0.2) is 4.98 Å². The van der Waals surface area contributed by atoms with Crippen molar-refractivity contribution in [2.45, 2.75) is 26.0 Å². The van der Waals surface area contributed by atoms with Gasteiger partial charge in [-0.3, -0.25) is 9.59 Å². The first-order valence-electron chi connectivity index (χ1n) is 8.14. The van der Waals surface area contributed by atoms with Crippen LogP contribution < -0.4 is 5.32 Å². The van der Waals surface area contributed by atoms with Crippen LogP contribution >= 0.6 is 0 Å². The molecule has 1 fully saturated rings. The largest absolute Gasteiger partial charge is 0.356 e. The molecule has 2 heterocycles. The van der Waals surface area contributed by atoms with Gasteiger partial charge in [0, 0.05) is 12.7 Å². The number of aryl methyl sites for hydroxylation is 2. The number of pyridine rings is 1. The molecule has 2 aromatic rings. The van der Waals surface area contributed by atoms with Crippen molar-refractivity contribution in [1.29, 1.82) is 0 Å². The Morgan fingerprint density at radius 2 is 1.92 bits per heavy atom. The van der Waals surface area contributed by atoms with Crippen LogP contribution in [0.3, 0.4) is 0 Å². The fraction of sp³-hybridized carbons (Fsp3) is 0.316. The second-order valence-corrected chi connectivity index (χ2v) is 6.25. The molecule has 1 saturated heterocycles. The first-order chi connectivity index (χ1) is 12.0. The number of aromatic nitrogens is 1. The number of morpholine rings is 1. The molecule has 1 N–H and O–H groups in total. The molecule has 6 nitrogen and oxygen atoms in total. The summed E-state index contributed by atoms with van der Waals surface area (Å²) in [6, 6.07) is 12.7. The first kappa shape index (κ1) is 17.1. The summed E-state index contributed by atoms with van der Waals surface area (Å²) in [6.45, 7) is 3.73. The Morgan fingerprint density at radius 1 is 1.20 bits per heavy atom. The van der Waals surface area contributed by atoms with E-state index in [2.05, 4.69) is 10.3 Å². The number of nitrogens with one attached hydrogen (secondary N) is 1. The van der Waals surface area contributed by atoms with Crippen LogP contribution in [0.15, 0.2) is 42.5 Å². The van der Waals surface area contributed by atoms with E-state index in [9.17, 15) is 9.59 Å². The molecule has 0 spiro atoms. The molecule has 2 amide bonds. The third-order valence-electron chi connectivity index (χ3n) is 4.30. The normalized spacial score (nSPS) is 20.4. The zero-order valence-electron chi connectivity index (χ0n) is 14.5. The van der Waals surface area contributed by atoms with E-state index in [0.717, 1.165) is 16.8 Å². The average Bonchev–Trinajstić information content (AvgIpc) is 2.58. The fourth-order valence-electron chi connectivity index (χ4n) is 2.90. The maximum atomic E-state index is 12.8. The molecule has 3 rings (SSSR count). The lowest BCUT2D eigenvalue weighted by Gasteiger charge is -2.38. The second kappa shape index (κ2) is 7.03. The molecule has 1 aromatic carbocycles. The predicted molar refractivity (Wildman–Crippen MR) is 94.0 cm³/mol. The predicted octanol–water partition coefficient (Wildman–Crippen LogP) is 2.24. The van der Waals surface area contributed by atoms with Gasteiger partial charge in [0.05, 0.1) is 6.04 Å². The lowest BCUT2D eigenvalue weighted by Crippen LogP contribution is -2.51. The molecule has 1 aliphatic heterocycles. The third-order valence-corrected chi connectivity index (χ3v) is 4.30. The third kappa shape index (κ3) is 3.69. The first-order valence-corrected chi connectivity index (χ1v) is 8.14. The Hall–Kier alpha value is -2.73. The number of amides is 2. The van der Waals surface area contributed by atoms with Crippen LogP contribution in [0.4, 0.5) is 5.82 Å². The second-order valence-electron chi connectivity index (χ2n) is 6.25. The van der Waals surface area contributed by atoms with Gasteiger partial charge >= 0.3 is 0 Å². The summed E-state index contributed by atoms with van der Waals surface area (Å²) in [5.74, 6) is 0.00198. The van der Waals surface area contributed by atoms with Gasteiger partial charge in [-0.05, 0) is 31.5 Å². The lowest BCUT2D eigenvalue weighted by atomic mass is 9.97. The maximum Gasteiger partial charge on any atom is 0.257 e. The Morgan fingerprint density at radius 3 is 2.60 bits per heavy atom. The summed E-state index contributed by atoms with van der Waals surface area (Å²) >= 11 is 0. The molecule has 25 heavy (non-hydrogen) atoms. The quantitative estimate of drug-likeness (QED) is 0.931. The number of hydrogen-bond donors (Lipinski definition) is 1. The van der Waals surface area contributed by atoms with Gasteiger partial charge in [-0.15, -0.1) is 0 Å². The van der Waals surface area contributed by atoms with Crippen LogP contribution in [0.5, 0.6) is 0 Å². The van der Waals surface area contributed by atoms with Gasteiger partial charge < -0.3 is 15.0 Å². The summed E-state index contributed by atoms with van der Waals surface area (Å²) in [7, 11) is 1.70. The molecular formula is C19H21N3O3. The zero-order valence-corrected chi connectivity index (χ0v) is 14.5. The Bertz CT molecular complexity index is 789. The monoisotopic (exact) mass is 339 g/mol. The Labute approximate surface area is 146 Å². The van der Waals surface area contributed by atoms with E-state index in [-0.39, 0.29) is 18.4 Å². The van der Waals surface area contributed by atoms with Crippen molar-refractivity contribution in [1.82, 2.24) is 9.88 Å². The highest BCUT2D eigenvalue weighted by atomic mass is 16.5. The number of likely N-dealkylation sites (N-methyl/N-ethyl adjacent to an activating group) is 1. The topological polar surface area (TPSA) is 71.5 Å². The van der Waals surface area contributed by atoms with Crippen molar-refractivity contribution in [3.8, 4) is 0 Å². The molecule has 1 aromatic heterocycles. The minimum Gasteiger partial charge on any atom is -0.356 e. The molecule has 0 radical (unpaired) electrons. The summed E-state index contributed by atoms with van der Waals surface area (Å²) in [4.78, 5) is 30.7. The van der Waals surface area contributed by atoms with Gasteiger partial charge in [0.1, 0.15) is 12.4 Å². The van der Waals surface area contributed by atoms with E-state index in [1.54, 1.807) is 18.0 Å². The number of benzene rings is 1. The van der Waals surface area contributed by atoms with Gasteiger partial charge in [-0.1, -0.05) is 35.9 Å². The standard InChI is InChI=1S/C19H21N3O3/c1-12-7-9-14(10-8-12)17-18(25-11-16(23)22(17)3)19(24)21-15-6-4-5-13(2)20-15/h4-10,17-18H,11H2,1-3H3,(H,20,21,24). The number of rotatable bonds is 3. The highest BCUT2D eigenvalue weighted by molar-refractivity contribution is 5.95. The molecule has 6 heteroatoms. The number of carbonyl (C=O) groups is 2. The SMILES string of the molecule is Cc1ccc(C2C(C(=O)Nc3cccc(C)n3)OCC(=O)N2C)cc1. The van der Waals surface area contributed by atoms with Crippen molar-refractivity contribution in [2.75, 3.05) is 19.0 Å². The van der Waals surface area contributed by atoms with E-state index in [4.69, 9.17) is 4.74 Å². The van der Waals surface area contributed by atoms with Crippen molar-refractivity contribution < 1.29 is 14.3 Å². The smallest absolute Gasteiger partial charge is 0.257 e. The van der Waals surface area contributed by atoms with Crippen LogP contribution in [0.2, 0.25) is 0 Å². The van der Waals surface area contributed by atoms with Gasteiger partial charge in [-0.2, -0.15) is 0 Å². The van der Waals surface area contributed by atoms with E-state index >= 15 is 0 Å². The summed E-state index contributed by atoms with van der Waals surface area (Å²) in [5, 5.41) is 2.79. The average molecular weight is 339 g/mol. The number of carbonyl (C=O) groups excluding carboxylic acids is 2. The summed E-state index contributed by atoms with van der Waals surface area (Å²) < 4.78 is 5.59. The molecule has 130 valence electrons. The Balaban J connectivity index is 1.87. The van der Waals surface area contributed by atoms with Gasteiger partial charge in [0.15, 0.2) is 6.10 Å². The summed E-state index contributed by atoms with van der Waals surface area (Å²) in [5.41, 5.74) is 2.78. The molecule has 2 atom stereocenters. The minimum atomic E-state index is -0.798. The van der Waals surface area contributed by atoms with E-state index < -0.39 is 12.1 Å². The number of ether oxygens (including phenoxy) is 1. The van der Waals surface area contributed by atoms with Gasteiger partial charge in [0.2, 0.25) is 5.91 Å². The highest BCUT2D eigenvalue weighted by Crippen LogP contribution is 2.30. The van der Waals surface area contributed by atoms with Crippen molar-refractivity contribution in [2.24, 2.45) is 0 Å². The van der Waals surface area contributed by atoms with E-state index in [1.807, 2.05) is 50.2 Å². The van der Waals surface area contributed by atoms with Crippen LogP contribution in [0.1, 0.15) is 22.9 Å². The van der Waals surface area contributed by atoms with Crippen LogP contribution in [-0.4, -0.2) is 41.5 Å². The summed E-state index contributed by atoms with van der Waals surface area (Å²) in [6.07, 6.45) is -0.798. The number of hydrogen-bond acceptors (Lipinski definition) is 4. The molecule has 1 aliphatic rings. The van der Waals surface area contributed by atoms with Gasteiger partial charge in [0.25, 0.3) is 5.91 Å². The van der Waals surface area contributed by atoms with Crippen molar-refractivity contribution in [3.05, 3.63) is 59.3 Å². The molecule has 0 saturated carbocycles. The van der Waals surface area contributed by atoms with Crippen LogP contribution in [0, 0.1) is 13.8 Å². The Kier molecular flexibility index (Phi) is 4.81. The zero-order chi connectivity index (χ0) is 18.0.